The summed E-state index contributed by atoms with van der Waals surface area (Å²) in [5.74, 6) is 0.166. The van der Waals surface area contributed by atoms with Gasteiger partial charge < -0.3 is 29.4 Å². The van der Waals surface area contributed by atoms with E-state index in [0.717, 1.165) is 17.8 Å². The number of carbonyl (C=O) groups excluding carboxylic acids is 1. The van der Waals surface area contributed by atoms with Gasteiger partial charge in [-0.3, -0.25) is 0 Å². The van der Waals surface area contributed by atoms with Crippen LogP contribution in [0.5, 0.6) is 0 Å². The number of nitrogens with zero attached hydrogens (tertiary/aromatic N) is 5. The average Bonchev–Trinajstić information content (AvgIpc) is 3.36. The van der Waals surface area contributed by atoms with Gasteiger partial charge in [-0.25, -0.2) is 9.78 Å². The Morgan fingerprint density at radius 2 is 1.87 bits per heavy atom. The van der Waals surface area contributed by atoms with Gasteiger partial charge in [-0.15, -0.1) is 0 Å². The number of aromatic nitrogens is 4. The Morgan fingerprint density at radius 1 is 1.05 bits per heavy atom. The van der Waals surface area contributed by atoms with E-state index in [1.165, 1.54) is 6.07 Å². The van der Waals surface area contributed by atoms with Gasteiger partial charge in [-0.1, -0.05) is 0 Å². The van der Waals surface area contributed by atoms with E-state index in [-0.39, 0.29) is 23.8 Å². The Morgan fingerprint density at radius 3 is 2.63 bits per heavy atom. The molecular formula is C25H24F3N7O3. The third-order valence-electron chi connectivity index (χ3n) is 5.75. The molecular weight excluding hydrogens is 503 g/mol. The van der Waals surface area contributed by atoms with Crippen LogP contribution in [-0.2, 0) is 15.7 Å². The number of morpholine rings is 1. The number of ether oxygens (including phenoxy) is 2. The van der Waals surface area contributed by atoms with Gasteiger partial charge in [0.2, 0.25) is 5.95 Å². The zero-order valence-electron chi connectivity index (χ0n) is 20.3. The van der Waals surface area contributed by atoms with Crippen molar-refractivity contribution in [1.82, 2.24) is 19.4 Å². The number of benzene rings is 1. The molecule has 4 heterocycles. The second kappa shape index (κ2) is 10.5. The Bertz CT molecular complexity index is 1450. The molecule has 0 amide bonds. The fraction of sp³-hybridized carbons (Fsp3) is 0.280. The summed E-state index contributed by atoms with van der Waals surface area (Å²) in [6, 6.07) is 8.36. The first-order valence-electron chi connectivity index (χ1n) is 11.9. The molecule has 5 rings (SSSR count). The predicted molar refractivity (Wildman–Crippen MR) is 134 cm³/mol. The maximum absolute atomic E-state index is 13.6. The van der Waals surface area contributed by atoms with Gasteiger partial charge in [0.1, 0.15) is 17.3 Å². The highest BCUT2D eigenvalue weighted by molar-refractivity contribution is 5.91. The summed E-state index contributed by atoms with van der Waals surface area (Å²) in [5.41, 5.74) is 0.198. The molecule has 1 saturated heterocycles. The smallest absolute Gasteiger partial charge is 0.416 e. The Balaban J connectivity index is 1.51. The highest BCUT2D eigenvalue weighted by Gasteiger charge is 2.32. The van der Waals surface area contributed by atoms with Crippen LogP contribution in [0.2, 0.25) is 0 Å². The number of pyridine rings is 1. The van der Waals surface area contributed by atoms with Crippen LogP contribution >= 0.6 is 0 Å². The molecule has 0 atom stereocenters. The predicted octanol–water partition coefficient (Wildman–Crippen LogP) is 4.64. The van der Waals surface area contributed by atoms with Gasteiger partial charge in [-0.2, -0.15) is 23.1 Å². The van der Waals surface area contributed by atoms with Crippen LogP contribution < -0.4 is 15.5 Å². The summed E-state index contributed by atoms with van der Waals surface area (Å²) in [4.78, 5) is 27.5. The van der Waals surface area contributed by atoms with E-state index in [1.807, 2.05) is 33.8 Å². The van der Waals surface area contributed by atoms with Gasteiger partial charge in [-0.05, 0) is 31.2 Å². The van der Waals surface area contributed by atoms with Gasteiger partial charge in [0.25, 0.3) is 0 Å². The van der Waals surface area contributed by atoms with E-state index >= 15 is 0 Å². The Kier molecular flexibility index (Phi) is 7.01. The molecule has 1 aromatic carbocycles. The Hall–Kier alpha value is -4.39. The average molecular weight is 528 g/mol. The number of imidazole rings is 1. The lowest BCUT2D eigenvalue weighted by Crippen LogP contribution is -2.36. The fourth-order valence-electron chi connectivity index (χ4n) is 3.97. The summed E-state index contributed by atoms with van der Waals surface area (Å²) in [6.07, 6.45) is 0.672. The molecule has 3 aromatic heterocycles. The molecule has 0 radical (unpaired) electrons. The van der Waals surface area contributed by atoms with Crippen LogP contribution in [0.15, 0.2) is 55.0 Å². The molecule has 1 aliphatic heterocycles. The molecule has 0 bridgehead atoms. The highest BCUT2D eigenvalue weighted by atomic mass is 19.4. The first-order chi connectivity index (χ1) is 18.3. The van der Waals surface area contributed by atoms with Crippen LogP contribution in [0.4, 0.5) is 42.1 Å². The molecule has 38 heavy (non-hydrogen) atoms. The number of anilines is 5. The molecule has 13 heteroatoms. The van der Waals surface area contributed by atoms with E-state index in [4.69, 9.17) is 9.47 Å². The fourth-order valence-corrected chi connectivity index (χ4v) is 3.97. The van der Waals surface area contributed by atoms with Crippen molar-refractivity contribution in [2.45, 2.75) is 13.1 Å². The van der Waals surface area contributed by atoms with Crippen LogP contribution in [0, 0.1) is 0 Å². The van der Waals surface area contributed by atoms with E-state index < -0.39 is 17.7 Å². The monoisotopic (exact) mass is 527 g/mol. The molecule has 198 valence electrons. The number of alkyl halides is 3. The SMILES string of the molecule is CCOC(=O)c1cc(Nc2nc(Nc3ccn4ccnc4c3)cc(N3CCOCC3)n2)cc(C(F)(F)F)c1. The van der Waals surface area contributed by atoms with Gasteiger partial charge in [0, 0.05) is 55.2 Å². The van der Waals surface area contributed by atoms with Crippen LogP contribution in [0.3, 0.4) is 0 Å². The maximum atomic E-state index is 13.6. The molecule has 0 unspecified atom stereocenters. The molecule has 0 aliphatic carbocycles. The number of halogens is 3. The topological polar surface area (TPSA) is 106 Å². The van der Waals surface area contributed by atoms with Gasteiger partial charge in [0.05, 0.1) is 30.9 Å². The number of rotatable bonds is 7. The summed E-state index contributed by atoms with van der Waals surface area (Å²) in [6.45, 7) is 3.82. The minimum absolute atomic E-state index is 0.00763. The van der Waals surface area contributed by atoms with E-state index in [9.17, 15) is 18.0 Å². The number of fused-ring (bicyclic) bond motifs is 1. The maximum Gasteiger partial charge on any atom is 0.416 e. The zero-order valence-corrected chi connectivity index (χ0v) is 20.3. The van der Waals surface area contributed by atoms with Crippen LogP contribution in [0.25, 0.3) is 5.65 Å². The van der Waals surface area contributed by atoms with Gasteiger partial charge in [0.15, 0.2) is 0 Å². The normalized spacial score (nSPS) is 13.9. The summed E-state index contributed by atoms with van der Waals surface area (Å²) in [7, 11) is 0. The van der Waals surface area contributed by atoms with Crippen molar-refractivity contribution in [1.29, 1.82) is 0 Å². The number of hydrogen-bond acceptors (Lipinski definition) is 9. The first kappa shape index (κ1) is 25.3. The summed E-state index contributed by atoms with van der Waals surface area (Å²) < 4.78 is 53.0. The number of esters is 1. The van der Waals surface area contributed by atoms with E-state index in [1.54, 1.807) is 19.2 Å². The summed E-state index contributed by atoms with van der Waals surface area (Å²) >= 11 is 0. The van der Waals surface area contributed by atoms with Crippen molar-refractivity contribution in [2.75, 3.05) is 48.4 Å². The lowest BCUT2D eigenvalue weighted by molar-refractivity contribution is -0.137. The third kappa shape index (κ3) is 5.78. The molecule has 2 N–H and O–H groups in total. The van der Waals surface area contributed by atoms with Crippen molar-refractivity contribution in [3.05, 3.63) is 66.1 Å². The van der Waals surface area contributed by atoms with Crippen molar-refractivity contribution in [3.63, 3.8) is 0 Å². The zero-order chi connectivity index (χ0) is 26.7. The van der Waals surface area contributed by atoms with Crippen molar-refractivity contribution < 1.29 is 27.4 Å². The van der Waals surface area contributed by atoms with Gasteiger partial charge >= 0.3 is 12.1 Å². The van der Waals surface area contributed by atoms with E-state index in [0.29, 0.717) is 43.6 Å². The standard InChI is InChI=1S/C25H24F3N7O3/c1-2-38-23(36)16-11-17(25(26,27)28)13-19(12-16)31-24-32-20(15-22(33-24)35-7-9-37-10-8-35)30-18-3-5-34-6-4-29-21(34)14-18/h3-6,11-15H,2,7-10H2,1H3,(H2,30,31,32,33). The van der Waals surface area contributed by atoms with Crippen LogP contribution in [-0.4, -0.2) is 58.2 Å². The van der Waals surface area contributed by atoms with Crippen LogP contribution in [0.1, 0.15) is 22.8 Å². The number of nitrogens with one attached hydrogen (secondary N) is 2. The second-order valence-corrected chi connectivity index (χ2v) is 8.41. The molecule has 4 aromatic rings. The summed E-state index contributed by atoms with van der Waals surface area (Å²) in [5, 5.41) is 6.06. The molecule has 0 spiro atoms. The Labute approximate surface area is 215 Å². The first-order valence-corrected chi connectivity index (χ1v) is 11.9. The van der Waals surface area contributed by atoms with Crippen molar-refractivity contribution in [2.24, 2.45) is 0 Å². The highest BCUT2D eigenvalue weighted by Crippen LogP contribution is 2.33. The molecule has 0 saturated carbocycles. The van der Waals surface area contributed by atoms with E-state index in [2.05, 4.69) is 25.6 Å². The molecule has 10 nitrogen and oxygen atoms in total. The lowest BCUT2D eigenvalue weighted by atomic mass is 10.1. The second-order valence-electron chi connectivity index (χ2n) is 8.41. The molecule has 1 aliphatic rings. The number of hydrogen-bond donors (Lipinski definition) is 2. The largest absolute Gasteiger partial charge is 0.462 e. The minimum Gasteiger partial charge on any atom is -0.462 e. The molecule has 1 fully saturated rings. The third-order valence-corrected chi connectivity index (χ3v) is 5.75. The lowest BCUT2D eigenvalue weighted by Gasteiger charge is -2.28. The quantitative estimate of drug-likeness (QED) is 0.333. The van der Waals surface area contributed by atoms with Crippen molar-refractivity contribution >= 4 is 40.6 Å². The minimum atomic E-state index is -4.67. The van der Waals surface area contributed by atoms with Crippen molar-refractivity contribution in [3.8, 4) is 0 Å². The number of carbonyl (C=O) groups is 1.